The van der Waals surface area contributed by atoms with Crippen LogP contribution in [0.15, 0.2) is 103 Å². The molecule has 0 radical (unpaired) electrons. The number of anilines is 3. The van der Waals surface area contributed by atoms with Crippen LogP contribution in [-0.4, -0.2) is 25.2 Å². The highest BCUT2D eigenvalue weighted by Gasteiger charge is 2.53. The van der Waals surface area contributed by atoms with Gasteiger partial charge in [-0.25, -0.2) is 4.79 Å². The number of para-hydroxylation sites is 2. The summed E-state index contributed by atoms with van der Waals surface area (Å²) >= 11 is 0. The second kappa shape index (κ2) is 8.02. The summed E-state index contributed by atoms with van der Waals surface area (Å²) < 4.78 is 6.27. The maximum absolute atomic E-state index is 13.2. The minimum absolute atomic E-state index is 0.0440. The van der Waals surface area contributed by atoms with E-state index in [4.69, 9.17) is 4.74 Å². The fourth-order valence-corrected chi connectivity index (χ4v) is 4.44. The van der Waals surface area contributed by atoms with Crippen LogP contribution in [0, 0.1) is 0 Å². The Balaban J connectivity index is 1.86. The third kappa shape index (κ3) is 3.29. The van der Waals surface area contributed by atoms with Gasteiger partial charge in [0.2, 0.25) is 5.72 Å². The first kappa shape index (κ1) is 20.6. The summed E-state index contributed by atoms with van der Waals surface area (Å²) in [6.45, 7) is 0. The van der Waals surface area contributed by atoms with E-state index in [1.807, 2.05) is 115 Å². The van der Waals surface area contributed by atoms with Gasteiger partial charge in [-0.2, -0.15) is 0 Å². The molecule has 5 nitrogen and oxygen atoms in total. The molecule has 1 N–H and O–H groups in total. The highest BCUT2D eigenvalue weighted by molar-refractivity contribution is 5.97. The monoisotopic (exact) mass is 436 g/mol. The van der Waals surface area contributed by atoms with Gasteiger partial charge in [-0.1, -0.05) is 54.6 Å². The smallest absolute Gasteiger partial charge is 0.341 e. The Morgan fingerprint density at radius 2 is 1.27 bits per heavy atom. The number of nitrogens with zero attached hydrogens (tertiary/aromatic N) is 2. The van der Waals surface area contributed by atoms with Gasteiger partial charge in [0.15, 0.2) is 0 Å². The maximum Gasteiger partial charge on any atom is 0.341 e. The summed E-state index contributed by atoms with van der Waals surface area (Å²) in [5, 5.41) is 11.3. The topological polar surface area (TPSA) is 53.0 Å². The predicted molar refractivity (Wildman–Crippen MR) is 130 cm³/mol. The standard InChI is InChI=1S/C28H24N2O3/c1-29(2)22-17-18-25(26(31)19-22)28(24-16-10-9-15-23(24)27(32)33-28)30(20-11-5-3-6-12-20)21-13-7-4-8-14-21/h3-19,31H,1-2H3. The molecule has 33 heavy (non-hydrogen) atoms. The fraction of sp³-hybridized carbons (Fsp3) is 0.107. The number of phenols is 1. The van der Waals surface area contributed by atoms with Crippen molar-refractivity contribution in [2.24, 2.45) is 0 Å². The molecule has 0 spiro atoms. The van der Waals surface area contributed by atoms with Crippen molar-refractivity contribution < 1.29 is 14.6 Å². The second-order valence-electron chi connectivity index (χ2n) is 8.18. The molecule has 0 fully saturated rings. The van der Waals surface area contributed by atoms with Crippen LogP contribution in [0.4, 0.5) is 17.1 Å². The van der Waals surface area contributed by atoms with Gasteiger partial charge in [0.1, 0.15) is 5.75 Å². The molecule has 0 aliphatic carbocycles. The van der Waals surface area contributed by atoms with Crippen molar-refractivity contribution in [1.29, 1.82) is 0 Å². The fourth-order valence-electron chi connectivity index (χ4n) is 4.44. The highest BCUT2D eigenvalue weighted by Crippen LogP contribution is 2.52. The average molecular weight is 437 g/mol. The second-order valence-corrected chi connectivity index (χ2v) is 8.18. The number of aromatic hydroxyl groups is 1. The molecule has 4 aromatic carbocycles. The minimum atomic E-state index is -1.40. The van der Waals surface area contributed by atoms with E-state index in [1.165, 1.54) is 0 Å². The summed E-state index contributed by atoms with van der Waals surface area (Å²) in [6.07, 6.45) is 0. The number of esters is 1. The largest absolute Gasteiger partial charge is 0.507 e. The zero-order chi connectivity index (χ0) is 23.0. The molecule has 0 bridgehead atoms. The van der Waals surface area contributed by atoms with Gasteiger partial charge >= 0.3 is 5.97 Å². The molecule has 4 aromatic rings. The van der Waals surface area contributed by atoms with Crippen LogP contribution >= 0.6 is 0 Å². The Kier molecular flexibility index (Phi) is 5.02. The number of benzene rings is 4. The molecule has 1 unspecified atom stereocenters. The van der Waals surface area contributed by atoms with Gasteiger partial charge in [0, 0.05) is 42.8 Å². The first-order chi connectivity index (χ1) is 16.0. The lowest BCUT2D eigenvalue weighted by atomic mass is 9.89. The van der Waals surface area contributed by atoms with Crippen LogP contribution < -0.4 is 9.80 Å². The third-order valence-electron chi connectivity index (χ3n) is 5.96. The van der Waals surface area contributed by atoms with E-state index < -0.39 is 11.7 Å². The van der Waals surface area contributed by atoms with E-state index in [-0.39, 0.29) is 5.75 Å². The van der Waals surface area contributed by atoms with Gasteiger partial charge in [-0.05, 0) is 42.5 Å². The molecular weight excluding hydrogens is 412 g/mol. The Bertz CT molecular complexity index is 1270. The van der Waals surface area contributed by atoms with E-state index in [2.05, 4.69) is 0 Å². The van der Waals surface area contributed by atoms with Crippen LogP contribution in [0.25, 0.3) is 0 Å². The quantitative estimate of drug-likeness (QED) is 0.409. The zero-order valence-corrected chi connectivity index (χ0v) is 18.5. The Morgan fingerprint density at radius 3 is 1.85 bits per heavy atom. The third-order valence-corrected chi connectivity index (χ3v) is 5.96. The van der Waals surface area contributed by atoms with E-state index in [1.54, 1.807) is 12.1 Å². The summed E-state index contributed by atoms with van der Waals surface area (Å²) in [5.74, 6) is -0.388. The lowest BCUT2D eigenvalue weighted by Crippen LogP contribution is -2.45. The number of hydrogen-bond acceptors (Lipinski definition) is 5. The molecule has 0 amide bonds. The molecule has 5 rings (SSSR count). The number of hydrogen-bond donors (Lipinski definition) is 1. The highest BCUT2D eigenvalue weighted by atomic mass is 16.6. The van der Waals surface area contributed by atoms with Crippen molar-refractivity contribution in [2.45, 2.75) is 5.72 Å². The van der Waals surface area contributed by atoms with Gasteiger partial charge < -0.3 is 14.7 Å². The molecular formula is C28H24N2O3. The van der Waals surface area contributed by atoms with Crippen molar-refractivity contribution >= 4 is 23.0 Å². The first-order valence-corrected chi connectivity index (χ1v) is 10.8. The summed E-state index contributed by atoms with van der Waals surface area (Å²) in [7, 11) is 3.82. The van der Waals surface area contributed by atoms with Crippen LogP contribution in [0.1, 0.15) is 21.5 Å². The Labute approximate surface area is 193 Å². The van der Waals surface area contributed by atoms with Gasteiger partial charge in [0.05, 0.1) is 11.1 Å². The Hall–Kier alpha value is -4.25. The van der Waals surface area contributed by atoms with E-state index in [0.29, 0.717) is 16.7 Å². The van der Waals surface area contributed by atoms with Gasteiger partial charge in [-0.15, -0.1) is 0 Å². The van der Waals surface area contributed by atoms with Gasteiger partial charge in [-0.3, -0.25) is 4.90 Å². The lowest BCUT2D eigenvalue weighted by Gasteiger charge is -2.42. The molecule has 0 aromatic heterocycles. The molecule has 0 saturated carbocycles. The minimum Gasteiger partial charge on any atom is -0.507 e. The summed E-state index contributed by atoms with van der Waals surface area (Å²) in [6, 6.07) is 32.3. The van der Waals surface area contributed by atoms with Crippen LogP contribution in [0.3, 0.4) is 0 Å². The first-order valence-electron chi connectivity index (χ1n) is 10.8. The van der Waals surface area contributed by atoms with Crippen LogP contribution in [0.5, 0.6) is 5.75 Å². The van der Waals surface area contributed by atoms with E-state index in [9.17, 15) is 9.90 Å². The van der Waals surface area contributed by atoms with Gasteiger partial charge in [0.25, 0.3) is 0 Å². The number of rotatable bonds is 5. The number of fused-ring (bicyclic) bond motifs is 1. The molecule has 5 heteroatoms. The molecule has 1 heterocycles. The molecule has 1 aliphatic rings. The number of carbonyl (C=O) groups is 1. The number of cyclic esters (lactones) is 1. The molecule has 1 aliphatic heterocycles. The molecule has 0 saturated heterocycles. The molecule has 164 valence electrons. The lowest BCUT2D eigenvalue weighted by molar-refractivity contribution is 0.0126. The SMILES string of the molecule is CN(C)c1ccc(C2(N(c3ccccc3)c3ccccc3)OC(=O)c3ccccc32)c(O)c1. The van der Waals surface area contributed by atoms with Crippen molar-refractivity contribution in [3.63, 3.8) is 0 Å². The summed E-state index contributed by atoms with van der Waals surface area (Å²) in [5.41, 5.74) is 2.73. The van der Waals surface area contributed by atoms with Crippen LogP contribution in [-0.2, 0) is 10.5 Å². The van der Waals surface area contributed by atoms with Crippen molar-refractivity contribution in [1.82, 2.24) is 0 Å². The Morgan fingerprint density at radius 1 is 0.697 bits per heavy atom. The van der Waals surface area contributed by atoms with Crippen molar-refractivity contribution in [3.05, 3.63) is 120 Å². The average Bonchev–Trinajstić information content (AvgIpc) is 3.13. The predicted octanol–water partition coefficient (Wildman–Crippen LogP) is 5.67. The number of ether oxygens (including phenoxy) is 1. The number of phenolic OH excluding ortho intramolecular Hbond substituents is 1. The number of carbonyl (C=O) groups excluding carboxylic acids is 1. The van der Waals surface area contributed by atoms with Crippen molar-refractivity contribution in [3.8, 4) is 5.75 Å². The van der Waals surface area contributed by atoms with E-state index in [0.717, 1.165) is 17.1 Å². The zero-order valence-electron chi connectivity index (χ0n) is 18.5. The van der Waals surface area contributed by atoms with Crippen LogP contribution in [0.2, 0.25) is 0 Å². The van der Waals surface area contributed by atoms with Crippen molar-refractivity contribution in [2.75, 3.05) is 23.9 Å². The summed E-state index contributed by atoms with van der Waals surface area (Å²) in [4.78, 5) is 17.1. The maximum atomic E-state index is 13.2. The molecule has 1 atom stereocenters. The van der Waals surface area contributed by atoms with E-state index >= 15 is 0 Å². The normalized spacial score (nSPS) is 16.7.